The number of hydrogen-bond donors (Lipinski definition) is 0. The van der Waals surface area contributed by atoms with Gasteiger partial charge in [0.15, 0.2) is 0 Å². The molecule has 1 nitrogen and oxygen atoms in total. The van der Waals surface area contributed by atoms with Gasteiger partial charge in [0, 0.05) is 5.75 Å². The first kappa shape index (κ1) is 9.33. The van der Waals surface area contributed by atoms with Crippen molar-refractivity contribution in [1.82, 2.24) is 0 Å². The van der Waals surface area contributed by atoms with Crippen LogP contribution in [0.4, 0.5) is 0 Å². The summed E-state index contributed by atoms with van der Waals surface area (Å²) in [6.07, 6.45) is 10.5. The monoisotopic (exact) mass is 190 g/mol. The van der Waals surface area contributed by atoms with Gasteiger partial charge in [-0.05, 0) is 25.3 Å². The van der Waals surface area contributed by atoms with Crippen molar-refractivity contribution in [2.75, 3.05) is 5.75 Å². The second kappa shape index (κ2) is 6.92. The minimum atomic E-state index is 1.17. The Hall–Kier alpha value is 0.240. The average Bonchev–Trinajstić information content (AvgIpc) is 2.08. The summed E-state index contributed by atoms with van der Waals surface area (Å²) in [5, 5.41) is 0. The smallest absolute Gasteiger partial charge is 0.125 e. The minimum absolute atomic E-state index is 1.17. The van der Waals surface area contributed by atoms with Crippen molar-refractivity contribution < 1.29 is 4.18 Å². The Labute approximate surface area is 76.6 Å². The fraction of sp³-hybridized carbons (Fsp3) is 0.750. The Bertz CT molecular complexity index is 103. The third-order valence-corrected chi connectivity index (χ3v) is 3.35. The summed E-state index contributed by atoms with van der Waals surface area (Å²) in [6.45, 7) is 0. The van der Waals surface area contributed by atoms with Crippen LogP contribution < -0.4 is 0 Å². The van der Waals surface area contributed by atoms with Crippen molar-refractivity contribution in [1.29, 1.82) is 0 Å². The van der Waals surface area contributed by atoms with E-state index in [1.807, 2.05) is 6.26 Å². The number of allylic oxidation sites excluding steroid dienone is 1. The van der Waals surface area contributed by atoms with Crippen LogP contribution >= 0.6 is 21.9 Å². The van der Waals surface area contributed by atoms with Gasteiger partial charge < -0.3 is 4.18 Å². The van der Waals surface area contributed by atoms with Crippen molar-refractivity contribution in [3.63, 3.8) is 0 Å². The lowest BCUT2D eigenvalue weighted by molar-refractivity contribution is 0.568. The summed E-state index contributed by atoms with van der Waals surface area (Å²) in [5.74, 6) is 1.22. The molecule has 0 radical (unpaired) electrons. The number of rotatable bonds is 0. The van der Waals surface area contributed by atoms with Gasteiger partial charge in [0.05, 0.1) is 6.26 Å². The third kappa shape index (κ3) is 5.50. The van der Waals surface area contributed by atoms with Gasteiger partial charge in [-0.15, -0.1) is 0 Å². The fourth-order valence-electron chi connectivity index (χ4n) is 0.969. The Morgan fingerprint density at radius 3 is 3.00 bits per heavy atom. The van der Waals surface area contributed by atoms with E-state index in [1.165, 1.54) is 48.9 Å². The summed E-state index contributed by atoms with van der Waals surface area (Å²) < 4.78 is 5.16. The molecule has 64 valence electrons. The standard InChI is InChI=1S/C8H14OS2/c1-2-4-6-8-10-11-9-7-5-3-1/h5,7H,1-4,6,8H2/b7-5-. The largest absolute Gasteiger partial charge is 0.422 e. The lowest BCUT2D eigenvalue weighted by Crippen LogP contribution is -1.78. The molecule has 1 aliphatic heterocycles. The molecule has 0 bridgehead atoms. The molecule has 1 aliphatic rings. The zero-order valence-electron chi connectivity index (χ0n) is 6.62. The Balaban J connectivity index is 2.11. The molecule has 1 rings (SSSR count). The van der Waals surface area contributed by atoms with Gasteiger partial charge >= 0.3 is 0 Å². The van der Waals surface area contributed by atoms with Crippen molar-refractivity contribution in [2.24, 2.45) is 0 Å². The maximum absolute atomic E-state index is 5.16. The Morgan fingerprint density at radius 2 is 2.00 bits per heavy atom. The van der Waals surface area contributed by atoms with Crippen LogP contribution in [0, 0.1) is 0 Å². The van der Waals surface area contributed by atoms with E-state index in [9.17, 15) is 0 Å². The topological polar surface area (TPSA) is 9.23 Å². The van der Waals surface area contributed by atoms with Crippen molar-refractivity contribution >= 4 is 21.9 Å². The molecule has 0 aliphatic carbocycles. The van der Waals surface area contributed by atoms with Gasteiger partial charge in [0.1, 0.15) is 11.1 Å². The van der Waals surface area contributed by atoms with E-state index in [1.54, 1.807) is 10.8 Å². The highest BCUT2D eigenvalue weighted by atomic mass is 33.1. The molecule has 0 aromatic rings. The molecule has 0 spiro atoms. The second-order valence-corrected chi connectivity index (χ2v) is 4.65. The second-order valence-electron chi connectivity index (χ2n) is 2.56. The summed E-state index contributed by atoms with van der Waals surface area (Å²) >= 11 is 1.49. The van der Waals surface area contributed by atoms with Gasteiger partial charge in [0.2, 0.25) is 0 Å². The third-order valence-electron chi connectivity index (χ3n) is 1.59. The van der Waals surface area contributed by atoms with E-state index in [0.29, 0.717) is 0 Å². The molecular weight excluding hydrogens is 176 g/mol. The van der Waals surface area contributed by atoms with E-state index in [-0.39, 0.29) is 0 Å². The summed E-state index contributed by atoms with van der Waals surface area (Å²) in [4.78, 5) is 0. The predicted octanol–water partition coefficient (Wildman–Crippen LogP) is 3.78. The van der Waals surface area contributed by atoms with Crippen LogP contribution in [-0.2, 0) is 4.18 Å². The molecule has 0 aromatic carbocycles. The average molecular weight is 190 g/mol. The van der Waals surface area contributed by atoms with E-state index in [4.69, 9.17) is 4.18 Å². The number of hydrogen-bond acceptors (Lipinski definition) is 3. The van der Waals surface area contributed by atoms with Crippen LogP contribution in [0.15, 0.2) is 12.3 Å². The maximum atomic E-state index is 5.16. The molecule has 3 heteroatoms. The van der Waals surface area contributed by atoms with Crippen LogP contribution in [0.1, 0.15) is 32.1 Å². The van der Waals surface area contributed by atoms with Crippen LogP contribution in [0.3, 0.4) is 0 Å². The molecule has 0 saturated heterocycles. The molecule has 1 heterocycles. The van der Waals surface area contributed by atoms with E-state index in [2.05, 4.69) is 6.08 Å². The van der Waals surface area contributed by atoms with Crippen molar-refractivity contribution in [2.45, 2.75) is 32.1 Å². The predicted molar refractivity (Wildman–Crippen MR) is 53.4 cm³/mol. The Morgan fingerprint density at radius 1 is 1.09 bits per heavy atom. The van der Waals surface area contributed by atoms with Crippen LogP contribution in [0.2, 0.25) is 0 Å². The normalized spacial score (nSPS) is 24.7. The molecule has 0 atom stereocenters. The lowest BCUT2D eigenvalue weighted by Gasteiger charge is -1.96. The minimum Gasteiger partial charge on any atom is -0.422 e. The van der Waals surface area contributed by atoms with Crippen LogP contribution in [-0.4, -0.2) is 5.75 Å². The highest BCUT2D eigenvalue weighted by Gasteiger charge is 1.93. The summed E-state index contributed by atoms with van der Waals surface area (Å²) in [5.41, 5.74) is 0. The first-order valence-electron chi connectivity index (χ1n) is 4.10. The molecule has 0 amide bonds. The molecule has 0 saturated carbocycles. The highest BCUT2D eigenvalue weighted by Crippen LogP contribution is 2.25. The zero-order valence-corrected chi connectivity index (χ0v) is 8.26. The summed E-state index contributed by atoms with van der Waals surface area (Å²) in [7, 11) is 1.80. The molecule has 0 N–H and O–H groups in total. The van der Waals surface area contributed by atoms with Gasteiger partial charge in [0.25, 0.3) is 0 Å². The van der Waals surface area contributed by atoms with E-state index >= 15 is 0 Å². The van der Waals surface area contributed by atoms with Gasteiger partial charge in [-0.3, -0.25) is 0 Å². The molecule has 0 aromatic heterocycles. The zero-order chi connectivity index (χ0) is 7.78. The van der Waals surface area contributed by atoms with Gasteiger partial charge in [-0.25, -0.2) is 0 Å². The molecule has 11 heavy (non-hydrogen) atoms. The SMILES string of the molecule is C1=C\OSSCCCCCC/1. The van der Waals surface area contributed by atoms with Crippen molar-refractivity contribution in [3.05, 3.63) is 12.3 Å². The van der Waals surface area contributed by atoms with Gasteiger partial charge in [-0.2, -0.15) is 0 Å². The molecular formula is C8H14OS2. The van der Waals surface area contributed by atoms with Crippen LogP contribution in [0.5, 0.6) is 0 Å². The van der Waals surface area contributed by atoms with E-state index in [0.717, 1.165) is 0 Å². The van der Waals surface area contributed by atoms with Gasteiger partial charge in [-0.1, -0.05) is 23.6 Å². The molecule has 0 unspecified atom stereocenters. The first-order valence-corrected chi connectivity index (χ1v) is 6.34. The Kier molecular flexibility index (Phi) is 5.87. The van der Waals surface area contributed by atoms with E-state index < -0.39 is 0 Å². The first-order chi connectivity index (χ1) is 5.50. The van der Waals surface area contributed by atoms with Crippen LogP contribution in [0.25, 0.3) is 0 Å². The maximum Gasteiger partial charge on any atom is 0.125 e. The van der Waals surface area contributed by atoms with Crippen molar-refractivity contribution in [3.8, 4) is 0 Å². The fourth-order valence-corrected chi connectivity index (χ4v) is 2.40. The quantitative estimate of drug-likeness (QED) is 0.425. The lowest BCUT2D eigenvalue weighted by atomic mass is 10.1. The molecule has 0 fully saturated rings. The highest BCUT2D eigenvalue weighted by molar-refractivity contribution is 8.74. The summed E-state index contributed by atoms with van der Waals surface area (Å²) in [6, 6.07) is 0.